The van der Waals surface area contributed by atoms with Gasteiger partial charge in [0, 0.05) is 31.3 Å². The Bertz CT molecular complexity index is 872. The quantitative estimate of drug-likeness (QED) is 0.616. The van der Waals surface area contributed by atoms with Gasteiger partial charge in [-0.1, -0.05) is 49.7 Å². The predicted molar refractivity (Wildman–Crippen MR) is 118 cm³/mol. The van der Waals surface area contributed by atoms with Crippen LogP contribution in [-0.4, -0.2) is 36.8 Å². The van der Waals surface area contributed by atoms with Gasteiger partial charge in [-0.15, -0.1) is 0 Å². The minimum atomic E-state index is -0.763. The van der Waals surface area contributed by atoms with Gasteiger partial charge in [0.1, 0.15) is 0 Å². The highest BCUT2D eigenvalue weighted by Gasteiger charge is 2.29. The van der Waals surface area contributed by atoms with E-state index in [2.05, 4.69) is 16.4 Å². The number of carboxylic acids is 1. The standard InChI is InChI=1S/C24H30N2O3/c1-5-7-21(24(28)29)22(16(2)25-3)15-17-8-6-9-20(14-17)18-10-12-19(13-11-18)23(27)26-4/h6,8-14,21-22H,5,7,15H2,1-4H3,(H,26,27)(H,28,29)/t21-,22+/m0/s1. The molecule has 0 spiro atoms. The molecule has 0 unspecified atom stereocenters. The Balaban J connectivity index is 2.31. The van der Waals surface area contributed by atoms with Gasteiger partial charge in [0.2, 0.25) is 0 Å². The van der Waals surface area contributed by atoms with Crippen LogP contribution in [0.15, 0.2) is 53.5 Å². The molecule has 0 fully saturated rings. The third-order valence-corrected chi connectivity index (χ3v) is 5.38. The molecule has 0 aromatic heterocycles. The Labute approximate surface area is 172 Å². The van der Waals surface area contributed by atoms with E-state index < -0.39 is 11.9 Å². The number of carbonyl (C=O) groups is 2. The number of nitrogens with zero attached hydrogens (tertiary/aromatic N) is 1. The van der Waals surface area contributed by atoms with E-state index in [9.17, 15) is 14.7 Å². The van der Waals surface area contributed by atoms with Crippen molar-refractivity contribution in [1.82, 2.24) is 5.32 Å². The van der Waals surface area contributed by atoms with Gasteiger partial charge in [-0.25, -0.2) is 0 Å². The lowest BCUT2D eigenvalue weighted by Gasteiger charge is -2.24. The van der Waals surface area contributed by atoms with Gasteiger partial charge in [0.05, 0.1) is 5.92 Å². The van der Waals surface area contributed by atoms with E-state index in [1.807, 2.05) is 44.2 Å². The Morgan fingerprint density at radius 2 is 1.76 bits per heavy atom. The lowest BCUT2D eigenvalue weighted by atomic mass is 9.80. The van der Waals surface area contributed by atoms with Crippen LogP contribution in [0.2, 0.25) is 0 Å². The second-order valence-electron chi connectivity index (χ2n) is 7.27. The highest BCUT2D eigenvalue weighted by atomic mass is 16.4. The van der Waals surface area contributed by atoms with E-state index in [0.29, 0.717) is 18.4 Å². The van der Waals surface area contributed by atoms with Crippen LogP contribution >= 0.6 is 0 Å². The molecule has 5 nitrogen and oxygen atoms in total. The highest BCUT2D eigenvalue weighted by molar-refractivity contribution is 5.94. The monoisotopic (exact) mass is 394 g/mol. The van der Waals surface area contributed by atoms with Crippen molar-refractivity contribution in [2.75, 3.05) is 14.1 Å². The van der Waals surface area contributed by atoms with Crippen molar-refractivity contribution in [3.05, 3.63) is 59.7 Å². The zero-order valence-electron chi connectivity index (χ0n) is 17.6. The summed E-state index contributed by atoms with van der Waals surface area (Å²) in [5, 5.41) is 12.4. The molecule has 0 aliphatic rings. The summed E-state index contributed by atoms with van der Waals surface area (Å²) in [7, 11) is 3.33. The molecular weight excluding hydrogens is 364 g/mol. The van der Waals surface area contributed by atoms with Gasteiger partial charge in [-0.3, -0.25) is 14.6 Å². The predicted octanol–water partition coefficient (Wildman–Crippen LogP) is 4.46. The summed E-state index contributed by atoms with van der Waals surface area (Å²) in [6.45, 7) is 3.92. The summed E-state index contributed by atoms with van der Waals surface area (Å²) in [5.41, 5.74) is 4.61. The van der Waals surface area contributed by atoms with Gasteiger partial charge >= 0.3 is 5.97 Å². The number of rotatable bonds is 9. The van der Waals surface area contributed by atoms with Crippen molar-refractivity contribution in [2.45, 2.75) is 33.1 Å². The van der Waals surface area contributed by atoms with Crippen molar-refractivity contribution >= 4 is 17.6 Å². The van der Waals surface area contributed by atoms with E-state index in [1.54, 1.807) is 26.2 Å². The number of nitrogens with one attached hydrogen (secondary N) is 1. The van der Waals surface area contributed by atoms with Crippen molar-refractivity contribution < 1.29 is 14.7 Å². The molecule has 0 saturated carbocycles. The molecule has 2 rings (SSSR count). The van der Waals surface area contributed by atoms with Gasteiger partial charge in [0.25, 0.3) is 5.91 Å². The van der Waals surface area contributed by atoms with Crippen molar-refractivity contribution in [2.24, 2.45) is 16.8 Å². The summed E-state index contributed by atoms with van der Waals surface area (Å²) in [5.74, 6) is -1.46. The smallest absolute Gasteiger partial charge is 0.307 e. The maximum absolute atomic E-state index is 11.9. The first-order valence-electron chi connectivity index (χ1n) is 9.98. The lowest BCUT2D eigenvalue weighted by molar-refractivity contribution is -0.143. The maximum atomic E-state index is 11.9. The molecular formula is C24H30N2O3. The first-order chi connectivity index (χ1) is 13.9. The molecule has 0 bridgehead atoms. The fourth-order valence-corrected chi connectivity index (χ4v) is 3.64. The van der Waals surface area contributed by atoms with Crippen LogP contribution in [0, 0.1) is 11.8 Å². The topological polar surface area (TPSA) is 78.8 Å². The Morgan fingerprint density at radius 1 is 1.07 bits per heavy atom. The number of hydrogen-bond donors (Lipinski definition) is 2. The van der Waals surface area contributed by atoms with Crippen LogP contribution < -0.4 is 5.32 Å². The molecule has 5 heteroatoms. The van der Waals surface area contributed by atoms with Gasteiger partial charge in [-0.05, 0) is 48.6 Å². The van der Waals surface area contributed by atoms with E-state index in [0.717, 1.165) is 28.8 Å². The molecule has 0 saturated heterocycles. The second kappa shape index (κ2) is 10.6. The van der Waals surface area contributed by atoms with Crippen LogP contribution in [0.25, 0.3) is 11.1 Å². The number of aliphatic carboxylic acids is 1. The minimum absolute atomic E-state index is 0.113. The zero-order valence-corrected chi connectivity index (χ0v) is 17.6. The zero-order chi connectivity index (χ0) is 21.4. The molecule has 2 N–H and O–H groups in total. The average molecular weight is 395 g/mol. The summed E-state index contributed by atoms with van der Waals surface area (Å²) in [6, 6.07) is 15.6. The van der Waals surface area contributed by atoms with Crippen LogP contribution in [-0.2, 0) is 11.2 Å². The number of amides is 1. The van der Waals surface area contributed by atoms with Gasteiger partial charge in [-0.2, -0.15) is 0 Å². The highest BCUT2D eigenvalue weighted by Crippen LogP contribution is 2.27. The van der Waals surface area contributed by atoms with E-state index >= 15 is 0 Å². The van der Waals surface area contributed by atoms with E-state index in [-0.39, 0.29) is 11.8 Å². The van der Waals surface area contributed by atoms with Gasteiger partial charge in [0.15, 0.2) is 0 Å². The van der Waals surface area contributed by atoms with Crippen LogP contribution in [0.1, 0.15) is 42.6 Å². The number of carbonyl (C=O) groups excluding carboxylic acids is 1. The Hall–Kier alpha value is -2.95. The van der Waals surface area contributed by atoms with Crippen molar-refractivity contribution in [3.63, 3.8) is 0 Å². The fourth-order valence-electron chi connectivity index (χ4n) is 3.64. The molecule has 0 radical (unpaired) electrons. The third-order valence-electron chi connectivity index (χ3n) is 5.38. The first kappa shape index (κ1) is 22.3. The van der Waals surface area contributed by atoms with E-state index in [1.165, 1.54) is 0 Å². The number of aliphatic imine (C=N–C) groups is 1. The van der Waals surface area contributed by atoms with Crippen molar-refractivity contribution in [1.29, 1.82) is 0 Å². The molecule has 2 aromatic carbocycles. The summed E-state index contributed by atoms with van der Waals surface area (Å²) in [6.07, 6.45) is 2.08. The van der Waals surface area contributed by atoms with Gasteiger partial charge < -0.3 is 10.4 Å². The molecule has 2 aromatic rings. The molecule has 0 aliphatic heterocycles. The lowest BCUT2D eigenvalue weighted by Crippen LogP contribution is -2.30. The number of benzene rings is 2. The fraction of sp³-hybridized carbons (Fsp3) is 0.375. The van der Waals surface area contributed by atoms with Crippen molar-refractivity contribution in [3.8, 4) is 11.1 Å². The largest absolute Gasteiger partial charge is 0.481 e. The summed E-state index contributed by atoms with van der Waals surface area (Å²) in [4.78, 5) is 27.9. The minimum Gasteiger partial charge on any atom is -0.481 e. The molecule has 29 heavy (non-hydrogen) atoms. The van der Waals surface area contributed by atoms with Crippen LogP contribution in [0.5, 0.6) is 0 Å². The Kier molecular flexibility index (Phi) is 8.13. The number of hydrogen-bond acceptors (Lipinski definition) is 3. The molecule has 0 aliphatic carbocycles. The summed E-state index contributed by atoms with van der Waals surface area (Å²) < 4.78 is 0. The summed E-state index contributed by atoms with van der Waals surface area (Å²) >= 11 is 0. The first-order valence-corrected chi connectivity index (χ1v) is 9.98. The van der Waals surface area contributed by atoms with E-state index in [4.69, 9.17) is 0 Å². The maximum Gasteiger partial charge on any atom is 0.307 e. The molecule has 0 heterocycles. The normalized spacial score (nSPS) is 13.6. The SMILES string of the molecule is CCC[C@H](C(=O)O)[C@H](Cc1cccc(-c2ccc(C(=O)NC)cc2)c1)C(C)=NC. The average Bonchev–Trinajstić information content (AvgIpc) is 2.75. The molecule has 1 amide bonds. The van der Waals surface area contributed by atoms with Crippen LogP contribution in [0.4, 0.5) is 0 Å². The second-order valence-corrected chi connectivity index (χ2v) is 7.27. The number of carboxylic acid groups (broad SMARTS) is 1. The molecule has 2 atom stereocenters. The third kappa shape index (κ3) is 5.76. The molecule has 154 valence electrons. The Morgan fingerprint density at radius 3 is 2.31 bits per heavy atom. The van der Waals surface area contributed by atoms with Crippen LogP contribution in [0.3, 0.4) is 0 Å².